The summed E-state index contributed by atoms with van der Waals surface area (Å²) >= 11 is 0. The Kier molecular flexibility index (Phi) is 7.89. The number of hydrogen-bond acceptors (Lipinski definition) is 9. The predicted molar refractivity (Wildman–Crippen MR) is 132 cm³/mol. The summed E-state index contributed by atoms with van der Waals surface area (Å²) in [7, 11) is 6.37. The molecule has 2 aromatic heterocycles. The van der Waals surface area contributed by atoms with Crippen molar-refractivity contribution in [2.75, 3.05) is 54.6 Å². The fourth-order valence-corrected chi connectivity index (χ4v) is 4.43. The highest BCUT2D eigenvalue weighted by Gasteiger charge is 2.27. The van der Waals surface area contributed by atoms with Crippen LogP contribution in [-0.4, -0.2) is 90.3 Å². The van der Waals surface area contributed by atoms with Gasteiger partial charge in [-0.2, -0.15) is 5.10 Å². The minimum atomic E-state index is -0.0251. The summed E-state index contributed by atoms with van der Waals surface area (Å²) in [5.74, 6) is 2.81. The lowest BCUT2D eigenvalue weighted by atomic mass is 10.1. The van der Waals surface area contributed by atoms with Gasteiger partial charge in [-0.05, 0) is 18.6 Å². The fraction of sp³-hybridized carbons (Fsp3) is 0.440. The van der Waals surface area contributed by atoms with Gasteiger partial charge in [0.1, 0.15) is 0 Å². The third-order valence-corrected chi connectivity index (χ3v) is 6.33. The van der Waals surface area contributed by atoms with Crippen LogP contribution in [0, 0.1) is 0 Å². The second-order valence-corrected chi connectivity index (χ2v) is 8.27. The maximum atomic E-state index is 13.4. The van der Waals surface area contributed by atoms with Crippen molar-refractivity contribution in [3.63, 3.8) is 0 Å². The number of methoxy groups -OCH3 is 4. The summed E-state index contributed by atoms with van der Waals surface area (Å²) in [5, 5.41) is 12.6. The topological polar surface area (TPSA) is 104 Å². The van der Waals surface area contributed by atoms with E-state index in [2.05, 4.69) is 20.2 Å². The van der Waals surface area contributed by atoms with Gasteiger partial charge in [0, 0.05) is 44.4 Å². The number of ether oxygens (including phenoxy) is 4. The molecular formula is C25H32N6O5. The molecule has 1 saturated heterocycles. The minimum Gasteiger partial charge on any atom is -0.493 e. The largest absolute Gasteiger partial charge is 0.493 e. The predicted octanol–water partition coefficient (Wildman–Crippen LogP) is 2.22. The molecule has 192 valence electrons. The van der Waals surface area contributed by atoms with E-state index >= 15 is 0 Å². The molecule has 0 atom stereocenters. The Morgan fingerprint density at radius 2 is 1.64 bits per heavy atom. The number of amides is 1. The molecular weight excluding hydrogens is 464 g/mol. The highest BCUT2D eigenvalue weighted by atomic mass is 16.5. The number of benzene rings is 1. The number of carbonyl (C=O) groups excluding carboxylic acids is 1. The van der Waals surface area contributed by atoms with Gasteiger partial charge in [-0.1, -0.05) is 13.0 Å². The number of rotatable bonds is 9. The third-order valence-electron chi connectivity index (χ3n) is 6.33. The Morgan fingerprint density at radius 1 is 0.889 bits per heavy atom. The first-order valence-corrected chi connectivity index (χ1v) is 11.8. The number of piperazine rings is 1. The lowest BCUT2D eigenvalue weighted by Crippen LogP contribution is -2.48. The van der Waals surface area contributed by atoms with Gasteiger partial charge in [0.2, 0.25) is 11.6 Å². The zero-order chi connectivity index (χ0) is 25.7. The van der Waals surface area contributed by atoms with Gasteiger partial charge in [0.15, 0.2) is 17.3 Å². The normalized spacial score (nSPS) is 14.0. The second-order valence-electron chi connectivity index (χ2n) is 8.27. The maximum absolute atomic E-state index is 13.4. The Morgan fingerprint density at radius 3 is 2.22 bits per heavy atom. The van der Waals surface area contributed by atoms with Crippen LogP contribution in [-0.2, 0) is 13.0 Å². The highest BCUT2D eigenvalue weighted by Crippen LogP contribution is 2.40. The van der Waals surface area contributed by atoms with Crippen molar-refractivity contribution in [3.05, 3.63) is 47.3 Å². The smallest absolute Gasteiger partial charge is 0.257 e. The van der Waals surface area contributed by atoms with E-state index < -0.39 is 0 Å². The van der Waals surface area contributed by atoms with E-state index in [4.69, 9.17) is 18.9 Å². The van der Waals surface area contributed by atoms with Crippen LogP contribution in [0.2, 0.25) is 0 Å². The van der Waals surface area contributed by atoms with Crippen LogP contribution in [0.15, 0.2) is 30.5 Å². The second kappa shape index (κ2) is 11.3. The van der Waals surface area contributed by atoms with Crippen LogP contribution in [0.25, 0.3) is 5.82 Å². The summed E-state index contributed by atoms with van der Waals surface area (Å²) < 4.78 is 23.3. The van der Waals surface area contributed by atoms with Crippen LogP contribution in [0.3, 0.4) is 0 Å². The van der Waals surface area contributed by atoms with Crippen molar-refractivity contribution in [3.8, 4) is 28.9 Å². The molecule has 0 N–H and O–H groups in total. The summed E-state index contributed by atoms with van der Waals surface area (Å²) in [4.78, 5) is 17.6. The first kappa shape index (κ1) is 25.2. The number of nitrogens with zero attached hydrogens (tertiary/aromatic N) is 6. The van der Waals surface area contributed by atoms with E-state index in [9.17, 15) is 4.79 Å². The Balaban J connectivity index is 1.44. The van der Waals surface area contributed by atoms with Crippen LogP contribution in [0.4, 0.5) is 0 Å². The van der Waals surface area contributed by atoms with Gasteiger partial charge < -0.3 is 23.8 Å². The fourth-order valence-electron chi connectivity index (χ4n) is 4.43. The van der Waals surface area contributed by atoms with E-state index in [1.165, 1.54) is 7.11 Å². The van der Waals surface area contributed by atoms with E-state index in [1.807, 2.05) is 24.0 Å². The summed E-state index contributed by atoms with van der Waals surface area (Å²) in [5.41, 5.74) is 2.40. The molecule has 11 heteroatoms. The molecule has 0 saturated carbocycles. The van der Waals surface area contributed by atoms with Crippen LogP contribution < -0.4 is 18.9 Å². The molecule has 11 nitrogen and oxygen atoms in total. The molecule has 0 spiro atoms. The first-order chi connectivity index (χ1) is 17.5. The summed E-state index contributed by atoms with van der Waals surface area (Å²) in [6.07, 6.45) is 2.25. The number of aromatic nitrogens is 4. The van der Waals surface area contributed by atoms with Crippen molar-refractivity contribution < 1.29 is 23.7 Å². The minimum absolute atomic E-state index is 0.0251. The van der Waals surface area contributed by atoms with Gasteiger partial charge in [-0.25, -0.2) is 4.68 Å². The molecule has 3 aromatic rings. The number of carbonyl (C=O) groups is 1. The van der Waals surface area contributed by atoms with Gasteiger partial charge in [-0.3, -0.25) is 9.69 Å². The standard InChI is InChI=1S/C25H32N6O5/c1-6-19-18(15-26-31(19)21-9-10-22(34-3)28-27-21)25(32)30-13-11-29(12-14-30)16-17-7-8-20(33-2)24(36-5)23(17)35-4/h7-10,15H,6,11-14,16H2,1-5H3. The van der Waals surface area contributed by atoms with E-state index in [-0.39, 0.29) is 5.91 Å². The van der Waals surface area contributed by atoms with Crippen molar-refractivity contribution in [2.24, 2.45) is 0 Å². The third kappa shape index (κ3) is 4.92. The van der Waals surface area contributed by atoms with Crippen LogP contribution >= 0.6 is 0 Å². The highest BCUT2D eigenvalue weighted by molar-refractivity contribution is 5.95. The molecule has 1 fully saturated rings. The van der Waals surface area contributed by atoms with Gasteiger partial charge in [-0.15, -0.1) is 10.2 Å². The maximum Gasteiger partial charge on any atom is 0.257 e. The average molecular weight is 497 g/mol. The molecule has 1 aliphatic heterocycles. The van der Waals surface area contributed by atoms with Crippen molar-refractivity contribution >= 4 is 5.91 Å². The SMILES string of the molecule is CCc1c(C(=O)N2CCN(Cc3ccc(OC)c(OC)c3OC)CC2)cnn1-c1ccc(OC)nn1. The lowest BCUT2D eigenvalue weighted by Gasteiger charge is -2.35. The number of hydrogen-bond donors (Lipinski definition) is 0. The van der Waals surface area contributed by atoms with Crippen molar-refractivity contribution in [1.82, 2.24) is 29.8 Å². The molecule has 3 heterocycles. The van der Waals surface area contributed by atoms with E-state index in [0.717, 1.165) is 24.3 Å². The molecule has 4 rings (SSSR count). The first-order valence-electron chi connectivity index (χ1n) is 11.8. The summed E-state index contributed by atoms with van der Waals surface area (Å²) in [6, 6.07) is 7.36. The van der Waals surface area contributed by atoms with Gasteiger partial charge in [0.25, 0.3) is 5.91 Å². The lowest BCUT2D eigenvalue weighted by molar-refractivity contribution is 0.0626. The molecule has 0 radical (unpaired) electrons. The molecule has 0 unspecified atom stereocenters. The van der Waals surface area contributed by atoms with Crippen LogP contribution in [0.5, 0.6) is 23.1 Å². The summed E-state index contributed by atoms with van der Waals surface area (Å²) in [6.45, 7) is 5.39. The monoisotopic (exact) mass is 496 g/mol. The van der Waals surface area contributed by atoms with Gasteiger partial charge >= 0.3 is 0 Å². The van der Waals surface area contributed by atoms with Crippen molar-refractivity contribution in [1.29, 1.82) is 0 Å². The van der Waals surface area contributed by atoms with Crippen LogP contribution in [0.1, 0.15) is 28.5 Å². The quantitative estimate of drug-likeness (QED) is 0.441. The van der Waals surface area contributed by atoms with Gasteiger partial charge in [0.05, 0.1) is 45.9 Å². The molecule has 0 bridgehead atoms. The molecule has 0 aliphatic carbocycles. The van der Waals surface area contributed by atoms with E-state index in [0.29, 0.717) is 60.6 Å². The Hall–Kier alpha value is -3.86. The zero-order valence-electron chi connectivity index (χ0n) is 21.4. The average Bonchev–Trinajstić information content (AvgIpc) is 3.36. The molecule has 36 heavy (non-hydrogen) atoms. The molecule has 1 aromatic carbocycles. The molecule has 1 amide bonds. The van der Waals surface area contributed by atoms with E-state index in [1.54, 1.807) is 44.3 Å². The van der Waals surface area contributed by atoms with Crippen molar-refractivity contribution in [2.45, 2.75) is 19.9 Å². The Bertz CT molecular complexity index is 1190. The zero-order valence-corrected chi connectivity index (χ0v) is 21.4. The Labute approximate surface area is 210 Å². The molecule has 1 aliphatic rings.